The number of hydrogen-bond acceptors (Lipinski definition) is 7. The number of pyridine rings is 1. The molecular formula is C21H26N4O4S. The summed E-state index contributed by atoms with van der Waals surface area (Å²) < 4.78 is 4.60. The van der Waals surface area contributed by atoms with Crippen LogP contribution in [0.1, 0.15) is 34.5 Å². The van der Waals surface area contributed by atoms with Crippen LogP contribution < -0.4 is 10.2 Å². The second kappa shape index (κ2) is 10.7. The second-order valence-electron chi connectivity index (χ2n) is 6.93. The number of hydrogen-bond donors (Lipinski definition) is 1. The van der Waals surface area contributed by atoms with E-state index >= 15 is 0 Å². The Bertz CT molecular complexity index is 864. The number of nitrogens with one attached hydrogen (secondary N) is 1. The summed E-state index contributed by atoms with van der Waals surface area (Å²) >= 11 is 1.60. The molecule has 0 saturated carbocycles. The first-order valence-electron chi connectivity index (χ1n) is 9.93. The molecule has 0 atom stereocenters. The Morgan fingerprint density at radius 2 is 1.93 bits per heavy atom. The summed E-state index contributed by atoms with van der Waals surface area (Å²) in [7, 11) is 1.34. The number of thiophene rings is 1. The van der Waals surface area contributed by atoms with Crippen LogP contribution in [0.3, 0.4) is 0 Å². The van der Waals surface area contributed by atoms with Gasteiger partial charge in [-0.1, -0.05) is 6.07 Å². The number of amides is 2. The van der Waals surface area contributed by atoms with Crippen LogP contribution >= 0.6 is 11.3 Å². The van der Waals surface area contributed by atoms with Gasteiger partial charge in [0, 0.05) is 50.1 Å². The van der Waals surface area contributed by atoms with Gasteiger partial charge in [-0.05, 0) is 30.0 Å². The zero-order chi connectivity index (χ0) is 21.3. The molecule has 3 rings (SSSR count). The van der Waals surface area contributed by atoms with Crippen LogP contribution in [0.2, 0.25) is 0 Å². The van der Waals surface area contributed by atoms with Gasteiger partial charge in [-0.25, -0.2) is 4.98 Å². The third kappa shape index (κ3) is 5.79. The van der Waals surface area contributed by atoms with Crippen LogP contribution in [0.15, 0.2) is 35.8 Å². The number of esters is 1. The van der Waals surface area contributed by atoms with Crippen LogP contribution in [0.5, 0.6) is 0 Å². The Hall–Kier alpha value is -2.94. The molecule has 8 nitrogen and oxygen atoms in total. The highest BCUT2D eigenvalue weighted by molar-refractivity contribution is 7.09. The smallest absolute Gasteiger partial charge is 0.305 e. The van der Waals surface area contributed by atoms with Gasteiger partial charge < -0.3 is 19.9 Å². The third-order valence-corrected chi connectivity index (χ3v) is 5.84. The molecule has 30 heavy (non-hydrogen) atoms. The van der Waals surface area contributed by atoms with E-state index in [0.717, 1.165) is 4.88 Å². The molecule has 1 fully saturated rings. The molecule has 160 valence electrons. The van der Waals surface area contributed by atoms with Crippen molar-refractivity contribution >= 4 is 34.9 Å². The minimum Gasteiger partial charge on any atom is -0.469 e. The molecule has 0 radical (unpaired) electrons. The lowest BCUT2D eigenvalue weighted by molar-refractivity contribution is -0.140. The Morgan fingerprint density at radius 1 is 1.13 bits per heavy atom. The normalized spacial score (nSPS) is 13.8. The van der Waals surface area contributed by atoms with Gasteiger partial charge in [0.25, 0.3) is 5.91 Å². The van der Waals surface area contributed by atoms with E-state index < -0.39 is 0 Å². The van der Waals surface area contributed by atoms with E-state index in [9.17, 15) is 14.4 Å². The van der Waals surface area contributed by atoms with Gasteiger partial charge in [-0.2, -0.15) is 0 Å². The van der Waals surface area contributed by atoms with Crippen molar-refractivity contribution in [3.63, 3.8) is 0 Å². The number of carbonyl (C=O) groups excluding carboxylic acids is 3. The van der Waals surface area contributed by atoms with Gasteiger partial charge in [0.05, 0.1) is 19.2 Å². The number of anilines is 1. The van der Waals surface area contributed by atoms with Gasteiger partial charge >= 0.3 is 5.97 Å². The van der Waals surface area contributed by atoms with Gasteiger partial charge in [0.15, 0.2) is 0 Å². The number of ether oxygens (including phenoxy) is 1. The maximum Gasteiger partial charge on any atom is 0.305 e. The van der Waals surface area contributed by atoms with Crippen molar-refractivity contribution < 1.29 is 19.1 Å². The van der Waals surface area contributed by atoms with E-state index in [-0.39, 0.29) is 24.2 Å². The van der Waals surface area contributed by atoms with E-state index in [1.807, 2.05) is 22.4 Å². The SMILES string of the molecule is COC(=O)CCCC(=O)N1CCN(c2ncccc2C(=O)NCc2cccs2)CC1. The largest absolute Gasteiger partial charge is 0.469 e. The summed E-state index contributed by atoms with van der Waals surface area (Å²) in [6, 6.07) is 7.47. The standard InChI is InChI=1S/C21H26N4O4S/c1-29-19(27)8-2-7-18(26)24-10-12-25(13-11-24)20-17(6-3-9-22-20)21(28)23-15-16-5-4-14-30-16/h3-6,9,14H,2,7-8,10-13,15H2,1H3,(H,23,28). The number of piperazine rings is 1. The minimum atomic E-state index is -0.298. The first-order chi connectivity index (χ1) is 14.6. The van der Waals surface area contributed by atoms with Gasteiger partial charge in [0.2, 0.25) is 5.91 Å². The van der Waals surface area contributed by atoms with Crippen LogP contribution in [0.25, 0.3) is 0 Å². The van der Waals surface area contributed by atoms with Crippen molar-refractivity contribution in [1.82, 2.24) is 15.2 Å². The number of carbonyl (C=O) groups is 3. The fourth-order valence-electron chi connectivity index (χ4n) is 3.31. The molecule has 2 aromatic rings. The molecule has 9 heteroatoms. The summed E-state index contributed by atoms with van der Waals surface area (Å²) in [6.45, 7) is 2.81. The molecule has 3 heterocycles. The number of methoxy groups -OCH3 is 1. The predicted octanol–water partition coefficient (Wildman–Crippen LogP) is 2.06. The maximum absolute atomic E-state index is 12.7. The molecule has 0 aliphatic carbocycles. The molecule has 0 aromatic carbocycles. The van der Waals surface area contributed by atoms with Crippen molar-refractivity contribution in [2.24, 2.45) is 0 Å². The van der Waals surface area contributed by atoms with Crippen molar-refractivity contribution in [2.75, 3.05) is 38.2 Å². The van der Waals surface area contributed by atoms with Crippen molar-refractivity contribution in [2.45, 2.75) is 25.8 Å². The molecule has 0 bridgehead atoms. The summed E-state index contributed by atoms with van der Waals surface area (Å²) in [4.78, 5) is 45.6. The van der Waals surface area contributed by atoms with Crippen molar-refractivity contribution in [3.8, 4) is 0 Å². The summed E-state index contributed by atoms with van der Waals surface area (Å²) in [5.41, 5.74) is 0.534. The quantitative estimate of drug-likeness (QED) is 0.645. The maximum atomic E-state index is 12.7. The molecule has 2 amide bonds. The number of aromatic nitrogens is 1. The summed E-state index contributed by atoms with van der Waals surface area (Å²) in [5, 5.41) is 4.93. The highest BCUT2D eigenvalue weighted by atomic mass is 32.1. The lowest BCUT2D eigenvalue weighted by Gasteiger charge is -2.36. The second-order valence-corrected chi connectivity index (χ2v) is 7.97. The monoisotopic (exact) mass is 430 g/mol. The van der Waals surface area contributed by atoms with Crippen molar-refractivity contribution in [3.05, 3.63) is 46.3 Å². The Kier molecular flexibility index (Phi) is 7.78. The Labute approximate surface area is 179 Å². The van der Waals surface area contributed by atoms with E-state index in [1.54, 1.807) is 34.6 Å². The average Bonchev–Trinajstić information content (AvgIpc) is 3.31. The number of rotatable bonds is 8. The number of nitrogens with zero attached hydrogens (tertiary/aromatic N) is 3. The van der Waals surface area contributed by atoms with E-state index in [2.05, 4.69) is 15.0 Å². The Balaban J connectivity index is 1.53. The molecule has 1 aliphatic rings. The fraction of sp³-hybridized carbons (Fsp3) is 0.429. The third-order valence-electron chi connectivity index (χ3n) is 4.97. The average molecular weight is 431 g/mol. The Morgan fingerprint density at radius 3 is 2.63 bits per heavy atom. The van der Waals surface area contributed by atoms with Gasteiger partial charge in [-0.3, -0.25) is 14.4 Å². The summed E-state index contributed by atoms with van der Waals surface area (Å²) in [5.74, 6) is 0.216. The summed E-state index contributed by atoms with van der Waals surface area (Å²) in [6.07, 6.45) is 2.74. The van der Waals surface area contributed by atoms with E-state index in [4.69, 9.17) is 0 Å². The molecule has 0 unspecified atom stereocenters. The topological polar surface area (TPSA) is 91.8 Å². The first kappa shape index (κ1) is 21.8. The fourth-order valence-corrected chi connectivity index (χ4v) is 3.96. The van der Waals surface area contributed by atoms with Crippen LogP contribution in [-0.4, -0.2) is 61.0 Å². The van der Waals surface area contributed by atoms with Gasteiger partial charge in [-0.15, -0.1) is 11.3 Å². The highest BCUT2D eigenvalue weighted by Crippen LogP contribution is 2.20. The minimum absolute atomic E-state index is 0.0356. The zero-order valence-electron chi connectivity index (χ0n) is 17.0. The van der Waals surface area contributed by atoms with E-state index in [0.29, 0.717) is 56.9 Å². The zero-order valence-corrected chi connectivity index (χ0v) is 17.8. The highest BCUT2D eigenvalue weighted by Gasteiger charge is 2.24. The molecule has 1 N–H and O–H groups in total. The van der Waals surface area contributed by atoms with Crippen LogP contribution in [0.4, 0.5) is 5.82 Å². The van der Waals surface area contributed by atoms with E-state index in [1.165, 1.54) is 7.11 Å². The molecule has 2 aromatic heterocycles. The molecule has 0 spiro atoms. The van der Waals surface area contributed by atoms with Crippen LogP contribution in [-0.2, 0) is 20.9 Å². The van der Waals surface area contributed by atoms with Crippen molar-refractivity contribution in [1.29, 1.82) is 0 Å². The lowest BCUT2D eigenvalue weighted by Crippen LogP contribution is -2.49. The predicted molar refractivity (Wildman–Crippen MR) is 114 cm³/mol. The van der Waals surface area contributed by atoms with Gasteiger partial charge in [0.1, 0.15) is 5.82 Å². The molecule has 1 aliphatic heterocycles. The first-order valence-corrected chi connectivity index (χ1v) is 10.8. The van der Waals surface area contributed by atoms with Crippen LogP contribution in [0, 0.1) is 0 Å². The molecular weight excluding hydrogens is 404 g/mol. The molecule has 1 saturated heterocycles. The lowest BCUT2D eigenvalue weighted by atomic mass is 10.2.